The number of hydrogen-bond donors (Lipinski definition) is 1. The van der Waals surface area contributed by atoms with Gasteiger partial charge in [-0.2, -0.15) is 0 Å². The van der Waals surface area contributed by atoms with Gasteiger partial charge in [0.25, 0.3) is 0 Å². The molecule has 0 saturated carbocycles. The highest BCUT2D eigenvalue weighted by Gasteiger charge is 2.15. The number of piperidine rings is 1. The van der Waals surface area contributed by atoms with E-state index in [0.717, 1.165) is 25.5 Å². The molecule has 18 heavy (non-hydrogen) atoms. The zero-order chi connectivity index (χ0) is 12.2. The van der Waals surface area contributed by atoms with Crippen molar-refractivity contribution in [3.05, 3.63) is 35.4 Å². The van der Waals surface area contributed by atoms with Crippen LogP contribution in [0.4, 0.5) is 0 Å². The average Bonchev–Trinajstić information content (AvgIpc) is 2.94. The zero-order valence-corrected chi connectivity index (χ0v) is 10.9. The fourth-order valence-electron chi connectivity index (χ4n) is 2.83. The van der Waals surface area contributed by atoms with Gasteiger partial charge in [0, 0.05) is 18.7 Å². The molecule has 1 aromatic rings. The Kier molecular flexibility index (Phi) is 3.60. The molecule has 0 unspecified atom stereocenters. The second kappa shape index (κ2) is 5.53. The molecule has 3 heteroatoms. The second-order valence-electron chi connectivity index (χ2n) is 5.15. The molecule has 1 N–H and O–H groups in total. The summed E-state index contributed by atoms with van der Waals surface area (Å²) in [5, 5.41) is 3.38. The van der Waals surface area contributed by atoms with Crippen molar-refractivity contribution in [3.63, 3.8) is 0 Å². The molecule has 0 spiro atoms. The first kappa shape index (κ1) is 11.7. The number of aliphatic imine (C=N–C) groups is 1. The van der Waals surface area contributed by atoms with Crippen LogP contribution in [0.15, 0.2) is 29.3 Å². The molecule has 0 aromatic heterocycles. The summed E-state index contributed by atoms with van der Waals surface area (Å²) >= 11 is 0. The van der Waals surface area contributed by atoms with Gasteiger partial charge in [0.1, 0.15) is 5.84 Å². The number of rotatable bonds is 3. The van der Waals surface area contributed by atoms with Crippen molar-refractivity contribution in [2.75, 3.05) is 26.2 Å². The van der Waals surface area contributed by atoms with E-state index in [1.807, 2.05) is 0 Å². The van der Waals surface area contributed by atoms with E-state index in [1.54, 1.807) is 0 Å². The minimum absolute atomic E-state index is 0.910. The van der Waals surface area contributed by atoms with Gasteiger partial charge in [-0.25, -0.2) is 0 Å². The van der Waals surface area contributed by atoms with Gasteiger partial charge in [0.05, 0.1) is 6.54 Å². The maximum absolute atomic E-state index is 4.55. The van der Waals surface area contributed by atoms with Crippen molar-refractivity contribution in [3.8, 4) is 0 Å². The molecule has 1 fully saturated rings. The van der Waals surface area contributed by atoms with Crippen LogP contribution in [0.3, 0.4) is 0 Å². The first-order valence-electron chi connectivity index (χ1n) is 7.02. The van der Waals surface area contributed by atoms with Crippen LogP contribution in [0.1, 0.15) is 30.4 Å². The van der Waals surface area contributed by atoms with Gasteiger partial charge >= 0.3 is 0 Å². The summed E-state index contributed by atoms with van der Waals surface area (Å²) in [6, 6.07) is 8.68. The lowest BCUT2D eigenvalue weighted by atomic mass is 10.0. The summed E-state index contributed by atoms with van der Waals surface area (Å²) in [5.41, 5.74) is 2.70. The number of hydrogen-bond acceptors (Lipinski definition) is 3. The summed E-state index contributed by atoms with van der Waals surface area (Å²) in [7, 11) is 0. The van der Waals surface area contributed by atoms with Crippen molar-refractivity contribution in [2.24, 2.45) is 4.99 Å². The largest absolute Gasteiger partial charge is 0.368 e. The number of benzene rings is 1. The minimum Gasteiger partial charge on any atom is -0.368 e. The topological polar surface area (TPSA) is 27.6 Å². The van der Waals surface area contributed by atoms with Crippen LogP contribution < -0.4 is 5.32 Å². The maximum Gasteiger partial charge on any atom is 0.128 e. The first-order chi connectivity index (χ1) is 8.93. The molecule has 2 aliphatic heterocycles. The van der Waals surface area contributed by atoms with E-state index < -0.39 is 0 Å². The standard InChI is InChI=1S/C15H21N3/c1-4-10-18(11-5-1)12-13-6-2-3-7-14(13)15-16-8-9-17-15/h2-3,6-7H,1,4-5,8-12H2,(H,16,17). The van der Waals surface area contributed by atoms with Gasteiger partial charge in [0.15, 0.2) is 0 Å². The molecule has 0 atom stereocenters. The summed E-state index contributed by atoms with van der Waals surface area (Å²) in [6.07, 6.45) is 4.09. The van der Waals surface area contributed by atoms with Gasteiger partial charge in [0.2, 0.25) is 0 Å². The predicted molar refractivity (Wildman–Crippen MR) is 75.0 cm³/mol. The third kappa shape index (κ3) is 2.56. The molecular weight excluding hydrogens is 222 g/mol. The monoisotopic (exact) mass is 243 g/mol. The smallest absolute Gasteiger partial charge is 0.128 e. The first-order valence-corrected chi connectivity index (χ1v) is 7.02. The number of amidine groups is 1. The normalized spacial score (nSPS) is 20.6. The highest BCUT2D eigenvalue weighted by Crippen LogP contribution is 2.17. The van der Waals surface area contributed by atoms with Gasteiger partial charge in [-0.3, -0.25) is 9.89 Å². The summed E-state index contributed by atoms with van der Waals surface area (Å²) in [4.78, 5) is 7.11. The van der Waals surface area contributed by atoms with Crippen LogP contribution >= 0.6 is 0 Å². The molecule has 0 amide bonds. The molecule has 96 valence electrons. The molecule has 0 bridgehead atoms. The molecular formula is C15H21N3. The Morgan fingerprint density at radius 2 is 1.94 bits per heavy atom. The van der Waals surface area contributed by atoms with Crippen LogP contribution in [-0.2, 0) is 6.54 Å². The van der Waals surface area contributed by atoms with Gasteiger partial charge in [-0.1, -0.05) is 30.7 Å². The van der Waals surface area contributed by atoms with Crippen LogP contribution in [0.2, 0.25) is 0 Å². The van der Waals surface area contributed by atoms with E-state index in [2.05, 4.69) is 39.5 Å². The van der Waals surface area contributed by atoms with E-state index in [0.29, 0.717) is 0 Å². The SMILES string of the molecule is c1ccc(C2=NCCN2)c(CN2CCCCC2)c1. The fourth-order valence-corrected chi connectivity index (χ4v) is 2.83. The lowest BCUT2D eigenvalue weighted by Gasteiger charge is -2.27. The molecule has 1 aromatic carbocycles. The molecule has 2 aliphatic rings. The quantitative estimate of drug-likeness (QED) is 0.879. The van der Waals surface area contributed by atoms with Crippen molar-refractivity contribution < 1.29 is 0 Å². The van der Waals surface area contributed by atoms with Gasteiger partial charge < -0.3 is 5.32 Å². The Bertz CT molecular complexity index is 433. The van der Waals surface area contributed by atoms with E-state index >= 15 is 0 Å². The molecule has 0 aliphatic carbocycles. The van der Waals surface area contributed by atoms with Crippen LogP contribution in [0.5, 0.6) is 0 Å². The van der Waals surface area contributed by atoms with Gasteiger partial charge in [-0.05, 0) is 31.5 Å². The second-order valence-corrected chi connectivity index (χ2v) is 5.15. The van der Waals surface area contributed by atoms with Crippen molar-refractivity contribution >= 4 is 5.84 Å². The van der Waals surface area contributed by atoms with E-state index in [9.17, 15) is 0 Å². The van der Waals surface area contributed by atoms with Crippen molar-refractivity contribution in [1.82, 2.24) is 10.2 Å². The van der Waals surface area contributed by atoms with Crippen molar-refractivity contribution in [2.45, 2.75) is 25.8 Å². The molecule has 1 saturated heterocycles. The van der Waals surface area contributed by atoms with E-state index in [4.69, 9.17) is 0 Å². The number of likely N-dealkylation sites (tertiary alicyclic amines) is 1. The van der Waals surface area contributed by atoms with Crippen LogP contribution in [0, 0.1) is 0 Å². The number of nitrogens with one attached hydrogen (secondary N) is 1. The van der Waals surface area contributed by atoms with E-state index in [-0.39, 0.29) is 0 Å². The third-order valence-corrected chi connectivity index (χ3v) is 3.79. The predicted octanol–water partition coefficient (Wildman–Crippen LogP) is 2.02. The molecule has 3 nitrogen and oxygen atoms in total. The highest BCUT2D eigenvalue weighted by atomic mass is 15.1. The van der Waals surface area contributed by atoms with Crippen LogP contribution in [0.25, 0.3) is 0 Å². The lowest BCUT2D eigenvalue weighted by molar-refractivity contribution is 0.221. The molecule has 3 rings (SSSR count). The zero-order valence-electron chi connectivity index (χ0n) is 10.9. The minimum atomic E-state index is 0.910. The summed E-state index contributed by atoms with van der Waals surface area (Å²) in [5.74, 6) is 1.09. The summed E-state index contributed by atoms with van der Waals surface area (Å²) in [6.45, 7) is 5.44. The third-order valence-electron chi connectivity index (χ3n) is 3.79. The average molecular weight is 243 g/mol. The number of nitrogens with zero attached hydrogens (tertiary/aromatic N) is 2. The lowest BCUT2D eigenvalue weighted by Crippen LogP contribution is -2.30. The maximum atomic E-state index is 4.55. The Labute approximate surface area is 109 Å². The van der Waals surface area contributed by atoms with E-state index in [1.165, 1.54) is 43.5 Å². The molecule has 0 radical (unpaired) electrons. The Hall–Kier alpha value is -1.35. The van der Waals surface area contributed by atoms with Crippen LogP contribution in [-0.4, -0.2) is 36.9 Å². The van der Waals surface area contributed by atoms with Crippen molar-refractivity contribution in [1.29, 1.82) is 0 Å². The summed E-state index contributed by atoms with van der Waals surface area (Å²) < 4.78 is 0. The Morgan fingerprint density at radius 1 is 1.11 bits per heavy atom. The Balaban J connectivity index is 1.78. The fraction of sp³-hybridized carbons (Fsp3) is 0.533. The molecule has 2 heterocycles. The van der Waals surface area contributed by atoms with Gasteiger partial charge in [-0.15, -0.1) is 0 Å². The Morgan fingerprint density at radius 3 is 2.72 bits per heavy atom. The highest BCUT2D eigenvalue weighted by molar-refractivity contribution is 6.00.